The van der Waals surface area contributed by atoms with Crippen molar-refractivity contribution in [3.8, 4) is 5.75 Å². The first-order valence-corrected chi connectivity index (χ1v) is 5.18. The minimum Gasteiger partial charge on any atom is -0.487 e. The van der Waals surface area contributed by atoms with Crippen molar-refractivity contribution < 1.29 is 4.74 Å². The molecular formula is C12H17NO. The highest BCUT2D eigenvalue weighted by Gasteiger charge is 2.33. The van der Waals surface area contributed by atoms with Crippen LogP contribution in [0.5, 0.6) is 5.75 Å². The second-order valence-corrected chi connectivity index (χ2v) is 4.25. The molecule has 2 rings (SSSR count). The molecule has 1 aliphatic heterocycles. The van der Waals surface area contributed by atoms with Gasteiger partial charge in [0, 0.05) is 18.0 Å². The Hall–Kier alpha value is -1.02. The van der Waals surface area contributed by atoms with E-state index in [1.165, 1.54) is 0 Å². The summed E-state index contributed by atoms with van der Waals surface area (Å²) >= 11 is 0. The molecule has 14 heavy (non-hydrogen) atoms. The monoisotopic (exact) mass is 191 g/mol. The Morgan fingerprint density at radius 1 is 1.50 bits per heavy atom. The Balaban J connectivity index is 2.38. The van der Waals surface area contributed by atoms with Gasteiger partial charge in [0.15, 0.2) is 0 Å². The number of hydrogen-bond donors (Lipinski definition) is 1. The summed E-state index contributed by atoms with van der Waals surface area (Å²) in [4.78, 5) is 0. The van der Waals surface area contributed by atoms with E-state index in [0.29, 0.717) is 0 Å². The first kappa shape index (κ1) is 9.53. The number of benzene rings is 1. The van der Waals surface area contributed by atoms with Crippen molar-refractivity contribution in [2.75, 3.05) is 0 Å². The molecule has 0 radical (unpaired) electrons. The average molecular weight is 191 g/mol. The van der Waals surface area contributed by atoms with Gasteiger partial charge in [-0.2, -0.15) is 0 Å². The molecule has 1 aromatic carbocycles. The molecule has 0 fully saturated rings. The van der Waals surface area contributed by atoms with Crippen LogP contribution in [0.4, 0.5) is 0 Å². The first-order valence-electron chi connectivity index (χ1n) is 5.18. The molecule has 2 atom stereocenters. The summed E-state index contributed by atoms with van der Waals surface area (Å²) in [6, 6.07) is 8.17. The standard InChI is InChI=1S/C12H17NO/c1-3-12(2)8-10(13)9-6-4-5-7-11(9)14-12/h4-7,10H,3,8,13H2,1-2H3/t10-,12-/m0/s1. The van der Waals surface area contributed by atoms with Gasteiger partial charge in [-0.05, 0) is 19.4 Å². The minimum atomic E-state index is -0.0895. The number of rotatable bonds is 1. The molecule has 0 spiro atoms. The number of hydrogen-bond acceptors (Lipinski definition) is 2. The van der Waals surface area contributed by atoms with Crippen LogP contribution in [0.2, 0.25) is 0 Å². The summed E-state index contributed by atoms with van der Waals surface area (Å²) < 4.78 is 5.96. The largest absolute Gasteiger partial charge is 0.487 e. The molecule has 0 saturated carbocycles. The molecule has 1 aromatic rings. The van der Waals surface area contributed by atoms with Gasteiger partial charge < -0.3 is 10.5 Å². The fourth-order valence-corrected chi connectivity index (χ4v) is 1.98. The van der Waals surface area contributed by atoms with Crippen molar-refractivity contribution >= 4 is 0 Å². The summed E-state index contributed by atoms with van der Waals surface area (Å²) in [6.07, 6.45) is 1.90. The second-order valence-electron chi connectivity index (χ2n) is 4.25. The summed E-state index contributed by atoms with van der Waals surface area (Å²) in [5.41, 5.74) is 7.17. The lowest BCUT2D eigenvalue weighted by atomic mass is 9.87. The number of nitrogens with two attached hydrogens (primary N) is 1. The third-order valence-corrected chi connectivity index (χ3v) is 3.07. The molecule has 0 aliphatic carbocycles. The lowest BCUT2D eigenvalue weighted by molar-refractivity contribution is 0.0503. The maximum atomic E-state index is 6.12. The van der Waals surface area contributed by atoms with Gasteiger partial charge in [-0.1, -0.05) is 25.1 Å². The van der Waals surface area contributed by atoms with E-state index < -0.39 is 0 Å². The maximum absolute atomic E-state index is 6.12. The lowest BCUT2D eigenvalue weighted by Gasteiger charge is -2.38. The molecule has 76 valence electrons. The van der Waals surface area contributed by atoms with Gasteiger partial charge in [-0.25, -0.2) is 0 Å². The molecule has 0 saturated heterocycles. The van der Waals surface area contributed by atoms with Gasteiger partial charge in [0.2, 0.25) is 0 Å². The quantitative estimate of drug-likeness (QED) is 0.740. The van der Waals surface area contributed by atoms with E-state index in [4.69, 9.17) is 10.5 Å². The molecule has 0 bridgehead atoms. The highest BCUT2D eigenvalue weighted by atomic mass is 16.5. The Kier molecular flexibility index (Phi) is 2.23. The van der Waals surface area contributed by atoms with Crippen molar-refractivity contribution in [3.05, 3.63) is 29.8 Å². The zero-order valence-electron chi connectivity index (χ0n) is 8.79. The van der Waals surface area contributed by atoms with Gasteiger partial charge in [-0.15, -0.1) is 0 Å². The third-order valence-electron chi connectivity index (χ3n) is 3.07. The number of ether oxygens (including phenoxy) is 1. The highest BCUT2D eigenvalue weighted by Crippen LogP contribution is 2.39. The van der Waals surface area contributed by atoms with Crippen LogP contribution in [-0.4, -0.2) is 5.60 Å². The predicted octanol–water partition coefficient (Wildman–Crippen LogP) is 2.64. The molecule has 0 amide bonds. The van der Waals surface area contributed by atoms with E-state index in [1.54, 1.807) is 0 Å². The molecule has 2 nitrogen and oxygen atoms in total. The van der Waals surface area contributed by atoms with Crippen LogP contribution in [0, 0.1) is 0 Å². The van der Waals surface area contributed by atoms with E-state index >= 15 is 0 Å². The maximum Gasteiger partial charge on any atom is 0.124 e. The van der Waals surface area contributed by atoms with Crippen LogP contribution >= 0.6 is 0 Å². The molecule has 0 unspecified atom stereocenters. The fraction of sp³-hybridized carbons (Fsp3) is 0.500. The summed E-state index contributed by atoms with van der Waals surface area (Å²) in [7, 11) is 0. The molecule has 1 heterocycles. The SMILES string of the molecule is CC[C@@]1(C)C[C@H](N)c2ccccc2O1. The molecular weight excluding hydrogens is 174 g/mol. The highest BCUT2D eigenvalue weighted by molar-refractivity contribution is 5.38. The number of fused-ring (bicyclic) bond motifs is 1. The van der Waals surface area contributed by atoms with Gasteiger partial charge in [0.1, 0.15) is 11.4 Å². The van der Waals surface area contributed by atoms with E-state index in [9.17, 15) is 0 Å². The van der Waals surface area contributed by atoms with Gasteiger partial charge in [0.05, 0.1) is 0 Å². The summed E-state index contributed by atoms with van der Waals surface area (Å²) in [6.45, 7) is 4.27. The van der Waals surface area contributed by atoms with Gasteiger partial charge >= 0.3 is 0 Å². The van der Waals surface area contributed by atoms with Crippen LogP contribution in [0.25, 0.3) is 0 Å². The molecule has 0 aromatic heterocycles. The van der Waals surface area contributed by atoms with Crippen LogP contribution in [0.3, 0.4) is 0 Å². The van der Waals surface area contributed by atoms with Crippen LogP contribution in [0.15, 0.2) is 24.3 Å². The normalized spacial score (nSPS) is 30.6. The number of para-hydroxylation sites is 1. The van der Waals surface area contributed by atoms with Crippen LogP contribution in [-0.2, 0) is 0 Å². The second kappa shape index (κ2) is 3.28. The average Bonchev–Trinajstić information content (AvgIpc) is 2.18. The zero-order chi connectivity index (χ0) is 10.2. The Morgan fingerprint density at radius 2 is 2.21 bits per heavy atom. The van der Waals surface area contributed by atoms with E-state index in [2.05, 4.69) is 19.9 Å². The minimum absolute atomic E-state index is 0.0895. The zero-order valence-corrected chi connectivity index (χ0v) is 8.79. The van der Waals surface area contributed by atoms with E-state index in [1.807, 2.05) is 18.2 Å². The fourth-order valence-electron chi connectivity index (χ4n) is 1.98. The Bertz CT molecular complexity index is 337. The molecule has 1 aliphatic rings. The van der Waals surface area contributed by atoms with E-state index in [0.717, 1.165) is 24.2 Å². The van der Waals surface area contributed by atoms with Gasteiger partial charge in [0.25, 0.3) is 0 Å². The van der Waals surface area contributed by atoms with Crippen molar-refractivity contribution in [3.63, 3.8) is 0 Å². The van der Waals surface area contributed by atoms with Crippen LogP contribution < -0.4 is 10.5 Å². The summed E-state index contributed by atoms with van der Waals surface area (Å²) in [5.74, 6) is 0.954. The molecule has 2 N–H and O–H groups in total. The third kappa shape index (κ3) is 1.50. The first-order chi connectivity index (χ1) is 6.64. The predicted molar refractivity (Wildman–Crippen MR) is 57.3 cm³/mol. The van der Waals surface area contributed by atoms with E-state index in [-0.39, 0.29) is 11.6 Å². The molecule has 2 heteroatoms. The topological polar surface area (TPSA) is 35.2 Å². The summed E-state index contributed by atoms with van der Waals surface area (Å²) in [5, 5.41) is 0. The lowest BCUT2D eigenvalue weighted by Crippen LogP contribution is -2.39. The Morgan fingerprint density at radius 3 is 2.93 bits per heavy atom. The van der Waals surface area contributed by atoms with Crippen LogP contribution in [0.1, 0.15) is 38.3 Å². The van der Waals surface area contributed by atoms with Crippen molar-refractivity contribution in [2.24, 2.45) is 5.73 Å². The van der Waals surface area contributed by atoms with Crippen molar-refractivity contribution in [1.29, 1.82) is 0 Å². The van der Waals surface area contributed by atoms with Crippen molar-refractivity contribution in [1.82, 2.24) is 0 Å². The van der Waals surface area contributed by atoms with Crippen molar-refractivity contribution in [2.45, 2.75) is 38.3 Å². The van der Waals surface area contributed by atoms with Gasteiger partial charge in [-0.3, -0.25) is 0 Å². The smallest absolute Gasteiger partial charge is 0.124 e. The Labute approximate surface area is 85.1 Å².